The minimum absolute atomic E-state index is 0.0693. The topological polar surface area (TPSA) is 92.8 Å². The Balaban J connectivity index is 0.991. The molecule has 0 atom stereocenters. The van der Waals surface area contributed by atoms with E-state index >= 15 is 0 Å². The molecule has 4 heterocycles. The van der Waals surface area contributed by atoms with Crippen LogP contribution in [0.2, 0.25) is 0 Å². The van der Waals surface area contributed by atoms with Crippen LogP contribution in [0.15, 0.2) is 228 Å². The maximum Gasteiger partial charge on any atom is 0.269 e. The molecule has 4 aliphatic rings. The zero-order valence-electron chi connectivity index (χ0n) is 84.1. The number of hydrogen-bond acceptors (Lipinski definition) is 8. The molecule has 0 amide bonds. The second kappa shape index (κ2) is 48.9. The van der Waals surface area contributed by atoms with Gasteiger partial charge in [-0.15, -0.1) is 45.3 Å². The van der Waals surface area contributed by atoms with Crippen molar-refractivity contribution in [3.05, 3.63) is 361 Å². The summed E-state index contributed by atoms with van der Waals surface area (Å²) in [6, 6.07) is 66.4. The van der Waals surface area contributed by atoms with E-state index < -0.39 is 10.8 Å². The van der Waals surface area contributed by atoms with Gasteiger partial charge in [0.25, 0.3) is 5.70 Å². The van der Waals surface area contributed by atoms with Gasteiger partial charge in [-0.3, -0.25) is 4.79 Å². The van der Waals surface area contributed by atoms with Crippen LogP contribution in [0.5, 0.6) is 0 Å². The lowest BCUT2D eigenvalue weighted by Gasteiger charge is -2.36. The summed E-state index contributed by atoms with van der Waals surface area (Å²) in [5.74, 6) is -0.186. The van der Waals surface area contributed by atoms with Gasteiger partial charge in [-0.1, -0.05) is 392 Å². The molecular formula is C130H142N4OS4. The molecule has 0 N–H and O–H groups in total. The number of carbonyl (C=O) groups excluding carboxylic acids is 1. The number of carbonyl (C=O) groups is 1. The summed E-state index contributed by atoms with van der Waals surface area (Å²) in [6.45, 7) is 27.1. The van der Waals surface area contributed by atoms with Gasteiger partial charge in [-0.25, -0.2) is 10.1 Å². The molecule has 0 bridgehead atoms. The number of nitriles is 3. The Morgan fingerprint density at radius 1 is 0.367 bits per heavy atom. The average Bonchev–Trinajstić information content (AvgIpc) is 1.48. The van der Waals surface area contributed by atoms with Crippen molar-refractivity contribution >= 4 is 105 Å². The molecule has 5 nitrogen and oxygen atoms in total. The van der Waals surface area contributed by atoms with E-state index in [1.165, 1.54) is 278 Å². The van der Waals surface area contributed by atoms with Crippen molar-refractivity contribution in [2.75, 3.05) is 0 Å². The number of nitrogens with zero attached hydrogens (tertiary/aromatic N) is 4. The second-order valence-corrected chi connectivity index (χ2v) is 44.0. The first-order chi connectivity index (χ1) is 68.3. The Hall–Kier alpha value is -11.1. The quantitative estimate of drug-likeness (QED) is 0.0125. The summed E-state index contributed by atoms with van der Waals surface area (Å²) in [4.78, 5) is 25.3. The zero-order chi connectivity index (χ0) is 96.6. The molecular weight excluding hydrogens is 1760 g/mol. The van der Waals surface area contributed by atoms with E-state index in [-0.39, 0.29) is 17.1 Å². The van der Waals surface area contributed by atoms with Crippen LogP contribution in [-0.4, -0.2) is 5.78 Å². The van der Waals surface area contributed by atoms with Crippen molar-refractivity contribution in [1.29, 1.82) is 15.8 Å². The lowest BCUT2D eigenvalue weighted by molar-refractivity contribution is 0.104. The molecule has 0 radical (unpaired) electrons. The molecule has 16 rings (SSSR count). The van der Waals surface area contributed by atoms with Gasteiger partial charge >= 0.3 is 0 Å². The Bertz CT molecular complexity index is 6580. The summed E-state index contributed by atoms with van der Waals surface area (Å²) in [6.07, 6.45) is 68.4. The van der Waals surface area contributed by atoms with Crippen molar-refractivity contribution in [2.24, 2.45) is 0 Å². The second-order valence-electron chi connectivity index (χ2n) is 40.0. The van der Waals surface area contributed by atoms with Crippen molar-refractivity contribution in [2.45, 2.75) is 329 Å². The third-order valence-corrected chi connectivity index (χ3v) is 34.8. The number of ketones is 1. The molecule has 139 heavy (non-hydrogen) atoms. The smallest absolute Gasteiger partial charge is 0.269 e. The Labute approximate surface area is 847 Å². The Morgan fingerprint density at radius 2 is 0.741 bits per heavy atom. The Morgan fingerprint density at radius 3 is 1.14 bits per heavy atom. The molecule has 4 aliphatic carbocycles. The Kier molecular flexibility index (Phi) is 35.4. The van der Waals surface area contributed by atoms with Crippen LogP contribution in [0.4, 0.5) is 0 Å². The normalized spacial score (nSPS) is 14.8. The third-order valence-electron chi connectivity index (χ3n) is 29.9. The highest BCUT2D eigenvalue weighted by Gasteiger charge is 2.56. The van der Waals surface area contributed by atoms with Gasteiger partial charge in [-0.05, 0) is 272 Å². The minimum Gasteiger partial charge on any atom is -0.289 e. The highest BCUT2D eigenvalue weighted by molar-refractivity contribution is 7.34. The maximum absolute atomic E-state index is 14.7. The lowest BCUT2D eigenvalue weighted by atomic mass is 9.65. The summed E-state index contributed by atoms with van der Waals surface area (Å²) >= 11 is 8.14. The number of benzene rings is 8. The first kappa shape index (κ1) is 101. The maximum atomic E-state index is 14.7. The van der Waals surface area contributed by atoms with E-state index in [1.807, 2.05) is 77.3 Å². The van der Waals surface area contributed by atoms with Crippen LogP contribution in [0.1, 0.15) is 387 Å². The monoisotopic (exact) mass is 1900 g/mol. The predicted molar refractivity (Wildman–Crippen MR) is 599 cm³/mol. The van der Waals surface area contributed by atoms with Crippen LogP contribution in [0.25, 0.3) is 78.6 Å². The van der Waals surface area contributed by atoms with Crippen LogP contribution < -0.4 is 0 Å². The highest BCUT2D eigenvalue weighted by atomic mass is 32.1. The van der Waals surface area contributed by atoms with Crippen LogP contribution >= 0.6 is 45.3 Å². The fraction of sp³-hybridized carbons (Fsp3) is 0.392. The van der Waals surface area contributed by atoms with Crippen LogP contribution in [-0.2, 0) is 68.6 Å². The molecule has 0 aliphatic heterocycles. The first-order valence-corrected chi connectivity index (χ1v) is 56.8. The van der Waals surface area contributed by atoms with Gasteiger partial charge in [0.05, 0.1) is 52.4 Å². The zero-order valence-corrected chi connectivity index (χ0v) is 87.4. The fourth-order valence-corrected chi connectivity index (χ4v) is 28.5. The summed E-state index contributed by atoms with van der Waals surface area (Å²) in [5, 5.41) is 38.4. The van der Waals surface area contributed by atoms with Gasteiger partial charge in [0.15, 0.2) is 5.78 Å². The first-order valence-electron chi connectivity index (χ1n) is 53.5. The highest BCUT2D eigenvalue weighted by Crippen LogP contribution is 2.71. The van der Waals surface area contributed by atoms with Crippen molar-refractivity contribution in [3.8, 4) is 37.7 Å². The molecule has 12 aromatic rings. The molecule has 8 aromatic carbocycles. The van der Waals surface area contributed by atoms with Crippen molar-refractivity contribution in [3.63, 3.8) is 0 Å². The number of aryl methyl sites for hydroxylation is 8. The minimum atomic E-state index is -0.777. The number of unbranched alkanes of at least 4 members (excludes halogenated alkanes) is 24. The SMILES string of the molecule is [C-]#[N+]/C(C#N)=C1/C(=C/C=C/C=C/c2csc3c2C(c2cc(CCCCCC)cc(CCCCCC)c2)(c2cc(CCCCCC)cc(CCCCCC)c2)c2c-3sc3c4c(sc23)-c2sc(/C=C/C=C/C=C3\C(=O)c5cc6ccccc6cc5C3=C(C#N)C#N)cc2C4(c2cc(CCCCCC)cc(CCCCCC)c2)c2cc(CCCCCC)cc(CCCCCC)c2)Cc2cc3ccccc3cc21. The molecule has 9 heteroatoms. The van der Waals surface area contributed by atoms with Crippen LogP contribution in [0, 0.1) is 40.6 Å². The van der Waals surface area contributed by atoms with E-state index in [0.29, 0.717) is 28.7 Å². The van der Waals surface area contributed by atoms with E-state index in [4.69, 9.17) is 6.57 Å². The van der Waals surface area contributed by atoms with Gasteiger partial charge in [0.1, 0.15) is 17.7 Å². The molecule has 4 aromatic heterocycles. The standard InChI is InChI=1S/C130H142N4OS4/c1-10-18-26-36-52-90-68-91(53-37-27-19-11-2)73-106(72-90)129(107-74-92(54-38-28-20-12-3)69-93(75-107)55-39-29-21-13-4)115-85-110(66-46-35-47-67-111-117(105(86-131)87-132)113-83-100-62-50-51-63-101(100)84-114(113)122(111)135)137-123(115)125-120(129)127-128(138-125)121-126(139-127)124-119(103(89-136-124)65-45-34-44-64-102-81-104-80-98-60-48-49-61-99(98)82-112(104)118(102)116(88-133)134-9)130(121,108-76-94(56-40-30-22-14-5)70-95(77-108)57-41-31-23-15-6)109-78-96(58-42-32-24-16-7)71-97(79-109)59-43-33-25-17-8/h34-35,44-51,60-80,82-85,89H,10-33,36-43,52-59,81H2,1-8H3/b44-34+,47-35+,65-45+,66-46+,102-64+,111-67-,118-116-. The van der Waals surface area contributed by atoms with Crippen molar-refractivity contribution in [1.82, 2.24) is 0 Å². The fourth-order valence-electron chi connectivity index (χ4n) is 22.9. The van der Waals surface area contributed by atoms with E-state index in [2.05, 4.69) is 264 Å². The third kappa shape index (κ3) is 22.0. The van der Waals surface area contributed by atoms with Gasteiger partial charge in [0.2, 0.25) is 0 Å². The average molecular weight is 1900 g/mol. The summed E-state index contributed by atoms with van der Waals surface area (Å²) < 4.78 is 2.84. The molecule has 0 saturated heterocycles. The van der Waals surface area contributed by atoms with Crippen LogP contribution in [0.3, 0.4) is 0 Å². The molecule has 0 unspecified atom stereocenters. The number of hydrogen-bond donors (Lipinski definition) is 0. The largest absolute Gasteiger partial charge is 0.289 e. The lowest BCUT2D eigenvalue weighted by Crippen LogP contribution is -2.30. The van der Waals surface area contributed by atoms with Crippen molar-refractivity contribution < 1.29 is 4.79 Å². The van der Waals surface area contributed by atoms with E-state index in [1.54, 1.807) is 0 Å². The number of rotatable bonds is 50. The molecule has 712 valence electrons. The number of fused-ring (bicyclic) bond motifs is 13. The number of allylic oxidation sites excluding steroid dienone is 14. The molecule has 0 saturated carbocycles. The van der Waals surface area contributed by atoms with E-state index in [0.717, 1.165) is 151 Å². The van der Waals surface area contributed by atoms with Gasteiger partial charge in [-0.2, -0.15) is 10.5 Å². The van der Waals surface area contributed by atoms with Gasteiger partial charge < -0.3 is 0 Å². The number of Topliss-reactive ketones (excluding diaryl/α,β-unsaturated/α-hetero) is 1. The van der Waals surface area contributed by atoms with E-state index in [9.17, 15) is 20.6 Å². The summed E-state index contributed by atoms with van der Waals surface area (Å²) in [5.41, 5.74) is 28.4. The van der Waals surface area contributed by atoms with Gasteiger partial charge in [0, 0.05) is 38.3 Å². The molecule has 0 fully saturated rings. The molecule has 0 spiro atoms. The summed E-state index contributed by atoms with van der Waals surface area (Å²) in [7, 11) is 0. The number of thiophene rings is 4. The predicted octanol–water partition coefficient (Wildman–Crippen LogP) is 38.2.